The van der Waals surface area contributed by atoms with E-state index in [9.17, 15) is 4.39 Å². The summed E-state index contributed by atoms with van der Waals surface area (Å²) in [5, 5.41) is 0. The van der Waals surface area contributed by atoms with Gasteiger partial charge in [0.15, 0.2) is 0 Å². The van der Waals surface area contributed by atoms with Crippen molar-refractivity contribution in [3.05, 3.63) is 30.1 Å². The van der Waals surface area contributed by atoms with Gasteiger partial charge in [0.1, 0.15) is 5.82 Å². The van der Waals surface area contributed by atoms with E-state index in [-0.39, 0.29) is 5.82 Å². The molecule has 1 saturated carbocycles. The Labute approximate surface area is 95.7 Å². The molecule has 0 amide bonds. The first-order chi connectivity index (χ1) is 7.70. The van der Waals surface area contributed by atoms with Crippen molar-refractivity contribution < 1.29 is 4.39 Å². The van der Waals surface area contributed by atoms with Gasteiger partial charge < -0.3 is 4.90 Å². The van der Waals surface area contributed by atoms with Crippen LogP contribution in [0.15, 0.2) is 24.3 Å². The number of piperazine rings is 1. The Hall–Kier alpha value is -1.09. The Morgan fingerprint density at radius 2 is 1.81 bits per heavy atom. The van der Waals surface area contributed by atoms with Gasteiger partial charge in [0.25, 0.3) is 0 Å². The van der Waals surface area contributed by atoms with Crippen LogP contribution in [0.4, 0.5) is 10.1 Å². The summed E-state index contributed by atoms with van der Waals surface area (Å²) in [4.78, 5) is 4.86. The lowest BCUT2D eigenvalue weighted by Crippen LogP contribution is -2.53. The fourth-order valence-corrected chi connectivity index (χ4v) is 2.62. The quantitative estimate of drug-likeness (QED) is 0.715. The maximum Gasteiger partial charge on any atom is 0.123 e. The summed E-state index contributed by atoms with van der Waals surface area (Å²) in [6.45, 7) is 3.25. The number of nitrogens with zero attached hydrogens (tertiary/aromatic N) is 2. The topological polar surface area (TPSA) is 6.48 Å². The van der Waals surface area contributed by atoms with Crippen LogP contribution in [0, 0.1) is 5.82 Å². The molecule has 0 unspecified atom stereocenters. The molecule has 0 aromatic heterocycles. The minimum atomic E-state index is -0.154. The molecule has 2 fully saturated rings. The van der Waals surface area contributed by atoms with Crippen LogP contribution in [0.1, 0.15) is 12.8 Å². The molecular formula is C13H17FN2. The molecule has 3 rings (SSSR count). The molecule has 86 valence electrons. The van der Waals surface area contributed by atoms with E-state index >= 15 is 0 Å². The number of anilines is 1. The Balaban J connectivity index is 1.79. The van der Waals surface area contributed by atoms with Crippen LogP contribution in [0.2, 0.25) is 0 Å². The van der Waals surface area contributed by atoms with Gasteiger partial charge in [-0.05, 0) is 44.2 Å². The van der Waals surface area contributed by atoms with Gasteiger partial charge in [-0.25, -0.2) is 4.39 Å². The second-order valence-corrected chi connectivity index (χ2v) is 5.04. The van der Waals surface area contributed by atoms with Crippen molar-refractivity contribution in [2.45, 2.75) is 18.4 Å². The van der Waals surface area contributed by atoms with Gasteiger partial charge in [0, 0.05) is 30.9 Å². The first kappa shape index (κ1) is 10.1. The zero-order valence-electron chi connectivity index (χ0n) is 9.62. The number of halogens is 1. The van der Waals surface area contributed by atoms with Gasteiger partial charge >= 0.3 is 0 Å². The Morgan fingerprint density at radius 3 is 2.44 bits per heavy atom. The van der Waals surface area contributed by atoms with E-state index < -0.39 is 0 Å². The van der Waals surface area contributed by atoms with Crippen molar-refractivity contribution in [2.24, 2.45) is 0 Å². The van der Waals surface area contributed by atoms with Crippen LogP contribution in [-0.2, 0) is 0 Å². The molecule has 1 aliphatic carbocycles. The monoisotopic (exact) mass is 220 g/mol. The molecular weight excluding hydrogens is 203 g/mol. The summed E-state index contributed by atoms with van der Waals surface area (Å²) in [6, 6.07) is 6.87. The highest BCUT2D eigenvalue weighted by atomic mass is 19.1. The van der Waals surface area contributed by atoms with E-state index in [0.29, 0.717) is 5.54 Å². The highest BCUT2D eigenvalue weighted by Crippen LogP contribution is 2.43. The summed E-state index contributed by atoms with van der Waals surface area (Å²) < 4.78 is 12.9. The van der Waals surface area contributed by atoms with E-state index in [1.54, 1.807) is 12.1 Å². The number of benzene rings is 1. The number of hydrogen-bond acceptors (Lipinski definition) is 2. The van der Waals surface area contributed by atoms with E-state index in [0.717, 1.165) is 25.3 Å². The highest BCUT2D eigenvalue weighted by Gasteiger charge is 2.49. The lowest BCUT2D eigenvalue weighted by Gasteiger charge is -2.41. The fraction of sp³-hybridized carbons (Fsp3) is 0.538. The van der Waals surface area contributed by atoms with E-state index in [2.05, 4.69) is 16.8 Å². The van der Waals surface area contributed by atoms with Crippen LogP contribution in [0.25, 0.3) is 0 Å². The van der Waals surface area contributed by atoms with Crippen LogP contribution < -0.4 is 4.90 Å². The molecule has 1 heterocycles. The first-order valence-electron chi connectivity index (χ1n) is 5.91. The van der Waals surface area contributed by atoms with Gasteiger partial charge in [-0.2, -0.15) is 0 Å². The Morgan fingerprint density at radius 1 is 1.12 bits per heavy atom. The van der Waals surface area contributed by atoms with Crippen molar-refractivity contribution in [1.82, 2.24) is 4.90 Å². The molecule has 1 aromatic carbocycles. The van der Waals surface area contributed by atoms with E-state index in [1.165, 1.54) is 12.8 Å². The normalized spacial score (nSPS) is 23.8. The molecule has 0 atom stereocenters. The van der Waals surface area contributed by atoms with Gasteiger partial charge in [-0.3, -0.25) is 4.90 Å². The maximum atomic E-state index is 12.9. The van der Waals surface area contributed by atoms with Gasteiger partial charge in [-0.15, -0.1) is 0 Å². The second kappa shape index (κ2) is 3.45. The van der Waals surface area contributed by atoms with Crippen molar-refractivity contribution in [3.63, 3.8) is 0 Å². The summed E-state index contributed by atoms with van der Waals surface area (Å²) in [5.41, 5.74) is 1.58. The summed E-state index contributed by atoms with van der Waals surface area (Å²) in [6.07, 6.45) is 2.61. The average Bonchev–Trinajstić information content (AvgIpc) is 3.05. The second-order valence-electron chi connectivity index (χ2n) is 5.04. The average molecular weight is 220 g/mol. The number of hydrogen-bond donors (Lipinski definition) is 0. The third kappa shape index (κ3) is 1.59. The van der Waals surface area contributed by atoms with Gasteiger partial charge in [0.2, 0.25) is 0 Å². The van der Waals surface area contributed by atoms with Crippen LogP contribution >= 0.6 is 0 Å². The number of rotatable bonds is 1. The van der Waals surface area contributed by atoms with Crippen molar-refractivity contribution in [2.75, 3.05) is 31.6 Å². The third-order valence-corrected chi connectivity index (χ3v) is 4.02. The highest BCUT2D eigenvalue weighted by molar-refractivity contribution is 5.48. The molecule has 16 heavy (non-hydrogen) atoms. The molecule has 0 bridgehead atoms. The predicted molar refractivity (Wildman–Crippen MR) is 63.2 cm³/mol. The molecule has 2 nitrogen and oxygen atoms in total. The maximum absolute atomic E-state index is 12.9. The van der Waals surface area contributed by atoms with E-state index in [4.69, 9.17) is 0 Å². The molecule has 1 saturated heterocycles. The summed E-state index contributed by atoms with van der Waals surface area (Å²) >= 11 is 0. The van der Waals surface area contributed by atoms with Crippen molar-refractivity contribution >= 4 is 5.69 Å². The molecule has 0 N–H and O–H groups in total. The van der Waals surface area contributed by atoms with E-state index in [1.807, 2.05) is 12.1 Å². The van der Waals surface area contributed by atoms with Crippen LogP contribution in [0.5, 0.6) is 0 Å². The largest absolute Gasteiger partial charge is 0.368 e. The molecule has 1 aliphatic heterocycles. The van der Waals surface area contributed by atoms with Gasteiger partial charge in [-0.1, -0.05) is 0 Å². The minimum absolute atomic E-state index is 0.154. The Kier molecular flexibility index (Phi) is 2.18. The molecule has 1 spiro atoms. The standard InChI is InChI=1S/C13H17FN2/c1-15-8-9-16(10-13(15)6-7-13)12-4-2-11(14)3-5-12/h2-5H,6-10H2,1H3. The molecule has 2 aliphatic rings. The zero-order chi connectivity index (χ0) is 11.2. The smallest absolute Gasteiger partial charge is 0.123 e. The van der Waals surface area contributed by atoms with Crippen LogP contribution in [0.3, 0.4) is 0 Å². The SMILES string of the molecule is CN1CCN(c2ccc(F)cc2)CC12CC2. The summed E-state index contributed by atoms with van der Waals surface area (Å²) in [7, 11) is 2.22. The fourth-order valence-electron chi connectivity index (χ4n) is 2.62. The third-order valence-electron chi connectivity index (χ3n) is 4.02. The van der Waals surface area contributed by atoms with Gasteiger partial charge in [0.05, 0.1) is 0 Å². The summed E-state index contributed by atoms with van der Waals surface area (Å²) in [5.74, 6) is -0.154. The lowest BCUT2D eigenvalue weighted by molar-refractivity contribution is 0.199. The lowest BCUT2D eigenvalue weighted by atomic mass is 10.1. The molecule has 3 heteroatoms. The first-order valence-corrected chi connectivity index (χ1v) is 5.91. The predicted octanol–water partition coefficient (Wildman–Crippen LogP) is 2.11. The minimum Gasteiger partial charge on any atom is -0.368 e. The van der Waals surface area contributed by atoms with Crippen LogP contribution in [-0.4, -0.2) is 37.1 Å². The number of likely N-dealkylation sites (N-methyl/N-ethyl adjacent to an activating group) is 1. The van der Waals surface area contributed by atoms with Crippen molar-refractivity contribution in [1.29, 1.82) is 0 Å². The Bertz CT molecular complexity index is 383. The van der Waals surface area contributed by atoms with Crippen molar-refractivity contribution in [3.8, 4) is 0 Å². The molecule has 0 radical (unpaired) electrons. The zero-order valence-corrected chi connectivity index (χ0v) is 9.62. The molecule has 1 aromatic rings.